The summed E-state index contributed by atoms with van der Waals surface area (Å²) in [6, 6.07) is 1.83. The Balaban J connectivity index is 1.55. The van der Waals surface area contributed by atoms with Crippen molar-refractivity contribution in [2.45, 2.75) is 12.8 Å². The first kappa shape index (κ1) is 13.0. The number of nitrogen functional groups attached to an aromatic ring is 1. The second kappa shape index (κ2) is 7.13. The van der Waals surface area contributed by atoms with Crippen molar-refractivity contribution < 1.29 is 4.74 Å². The van der Waals surface area contributed by atoms with Crippen LogP contribution in [0.4, 0.5) is 11.8 Å². The second-order valence-corrected chi connectivity index (χ2v) is 4.39. The third-order valence-corrected chi connectivity index (χ3v) is 2.99. The zero-order chi connectivity index (χ0) is 12.6. The number of hydrogen-bond acceptors (Lipinski definition) is 6. The molecule has 0 atom stereocenters. The molecule has 0 spiro atoms. The number of nitrogens with two attached hydrogens (primary N) is 1. The van der Waals surface area contributed by atoms with E-state index in [0.717, 1.165) is 51.6 Å². The minimum atomic E-state index is 0.313. The first-order valence-electron chi connectivity index (χ1n) is 6.47. The second-order valence-electron chi connectivity index (χ2n) is 4.39. The normalized spacial score (nSPS) is 16.7. The molecule has 1 saturated heterocycles. The Morgan fingerprint density at radius 1 is 1.33 bits per heavy atom. The number of aromatic nitrogens is 2. The van der Waals surface area contributed by atoms with Gasteiger partial charge in [-0.05, 0) is 25.5 Å². The summed E-state index contributed by atoms with van der Waals surface area (Å²) in [4.78, 5) is 10.4. The van der Waals surface area contributed by atoms with Crippen LogP contribution in [0.3, 0.4) is 0 Å². The molecule has 0 unspecified atom stereocenters. The monoisotopic (exact) mass is 251 g/mol. The predicted molar refractivity (Wildman–Crippen MR) is 71.4 cm³/mol. The molecule has 1 aliphatic heterocycles. The minimum Gasteiger partial charge on any atom is -0.379 e. The van der Waals surface area contributed by atoms with E-state index in [-0.39, 0.29) is 0 Å². The van der Waals surface area contributed by atoms with Gasteiger partial charge in [-0.15, -0.1) is 0 Å². The fourth-order valence-electron chi connectivity index (χ4n) is 1.97. The van der Waals surface area contributed by atoms with Gasteiger partial charge in [0.25, 0.3) is 0 Å². The van der Waals surface area contributed by atoms with E-state index in [9.17, 15) is 0 Å². The zero-order valence-electron chi connectivity index (χ0n) is 10.6. The van der Waals surface area contributed by atoms with Crippen molar-refractivity contribution in [3.05, 3.63) is 12.3 Å². The topological polar surface area (TPSA) is 76.3 Å². The minimum absolute atomic E-state index is 0.313. The van der Waals surface area contributed by atoms with E-state index < -0.39 is 0 Å². The summed E-state index contributed by atoms with van der Waals surface area (Å²) in [6.07, 6.45) is 3.98. The Labute approximate surface area is 108 Å². The van der Waals surface area contributed by atoms with Gasteiger partial charge in [-0.1, -0.05) is 0 Å². The molecule has 18 heavy (non-hydrogen) atoms. The van der Waals surface area contributed by atoms with Gasteiger partial charge in [-0.3, -0.25) is 4.90 Å². The number of ether oxygens (including phenoxy) is 1. The zero-order valence-corrected chi connectivity index (χ0v) is 10.6. The molecule has 1 aromatic heterocycles. The van der Waals surface area contributed by atoms with Crippen molar-refractivity contribution in [2.24, 2.45) is 0 Å². The molecule has 2 heterocycles. The number of anilines is 2. The van der Waals surface area contributed by atoms with Crippen LogP contribution in [-0.4, -0.2) is 54.3 Å². The van der Waals surface area contributed by atoms with E-state index in [2.05, 4.69) is 20.2 Å². The van der Waals surface area contributed by atoms with Crippen molar-refractivity contribution in [3.8, 4) is 0 Å². The lowest BCUT2D eigenvalue weighted by Crippen LogP contribution is -2.36. The first-order chi connectivity index (χ1) is 8.84. The highest BCUT2D eigenvalue weighted by atomic mass is 16.5. The number of unbranched alkanes of at least 4 members (excludes halogenated alkanes) is 1. The summed E-state index contributed by atoms with van der Waals surface area (Å²) in [6.45, 7) is 5.94. The van der Waals surface area contributed by atoms with Gasteiger partial charge in [0, 0.05) is 25.8 Å². The highest BCUT2D eigenvalue weighted by Crippen LogP contribution is 2.04. The molecule has 6 heteroatoms. The SMILES string of the molecule is Nc1nccc(NCCCCN2CCOCC2)n1. The fraction of sp³-hybridized carbons (Fsp3) is 0.667. The maximum atomic E-state index is 5.51. The van der Waals surface area contributed by atoms with Crippen LogP contribution < -0.4 is 11.1 Å². The maximum Gasteiger partial charge on any atom is 0.221 e. The molecule has 0 bridgehead atoms. The molecule has 2 rings (SSSR count). The molecule has 6 nitrogen and oxygen atoms in total. The number of nitrogens with zero attached hydrogens (tertiary/aromatic N) is 3. The summed E-state index contributed by atoms with van der Waals surface area (Å²) in [5.74, 6) is 1.11. The van der Waals surface area contributed by atoms with Crippen LogP contribution in [0, 0.1) is 0 Å². The van der Waals surface area contributed by atoms with Crippen LogP contribution in [0.15, 0.2) is 12.3 Å². The van der Waals surface area contributed by atoms with Crippen LogP contribution in [0.1, 0.15) is 12.8 Å². The van der Waals surface area contributed by atoms with Gasteiger partial charge in [0.05, 0.1) is 13.2 Å². The summed E-state index contributed by atoms with van der Waals surface area (Å²) in [5.41, 5.74) is 5.51. The van der Waals surface area contributed by atoms with Crippen molar-refractivity contribution >= 4 is 11.8 Å². The Kier molecular flexibility index (Phi) is 5.16. The van der Waals surface area contributed by atoms with Crippen molar-refractivity contribution in [3.63, 3.8) is 0 Å². The molecule has 0 amide bonds. The maximum absolute atomic E-state index is 5.51. The lowest BCUT2D eigenvalue weighted by atomic mass is 10.2. The van der Waals surface area contributed by atoms with Crippen LogP contribution in [-0.2, 0) is 4.74 Å². The van der Waals surface area contributed by atoms with Gasteiger partial charge in [0.1, 0.15) is 5.82 Å². The van der Waals surface area contributed by atoms with Crippen molar-refractivity contribution in [1.82, 2.24) is 14.9 Å². The van der Waals surface area contributed by atoms with E-state index in [4.69, 9.17) is 10.5 Å². The highest BCUT2D eigenvalue weighted by Gasteiger charge is 2.08. The van der Waals surface area contributed by atoms with E-state index in [1.807, 2.05) is 6.07 Å². The molecule has 0 saturated carbocycles. The van der Waals surface area contributed by atoms with Gasteiger partial charge in [-0.25, -0.2) is 4.98 Å². The van der Waals surface area contributed by atoms with Crippen LogP contribution in [0.5, 0.6) is 0 Å². The van der Waals surface area contributed by atoms with Crippen LogP contribution in [0.2, 0.25) is 0 Å². The van der Waals surface area contributed by atoms with Gasteiger partial charge in [0.2, 0.25) is 5.95 Å². The van der Waals surface area contributed by atoms with E-state index in [1.54, 1.807) is 6.20 Å². The summed E-state index contributed by atoms with van der Waals surface area (Å²) in [5, 5.41) is 3.25. The smallest absolute Gasteiger partial charge is 0.221 e. The Morgan fingerprint density at radius 3 is 2.94 bits per heavy atom. The molecule has 1 aromatic rings. The molecular formula is C12H21N5O. The number of rotatable bonds is 6. The number of nitrogens with one attached hydrogen (secondary N) is 1. The van der Waals surface area contributed by atoms with Gasteiger partial charge >= 0.3 is 0 Å². The average Bonchev–Trinajstić information content (AvgIpc) is 2.40. The quantitative estimate of drug-likeness (QED) is 0.720. The first-order valence-corrected chi connectivity index (χ1v) is 6.47. The molecule has 0 aromatic carbocycles. The standard InChI is InChI=1S/C12H21N5O/c13-12-15-5-3-11(16-12)14-4-1-2-6-17-7-9-18-10-8-17/h3,5H,1-2,4,6-10H2,(H3,13,14,15,16). The summed E-state index contributed by atoms with van der Waals surface area (Å²) < 4.78 is 5.32. The molecule has 0 aliphatic carbocycles. The summed E-state index contributed by atoms with van der Waals surface area (Å²) >= 11 is 0. The molecule has 3 N–H and O–H groups in total. The lowest BCUT2D eigenvalue weighted by Gasteiger charge is -2.26. The molecule has 1 aliphatic rings. The van der Waals surface area contributed by atoms with E-state index >= 15 is 0 Å². The lowest BCUT2D eigenvalue weighted by molar-refractivity contribution is 0.0373. The van der Waals surface area contributed by atoms with Crippen molar-refractivity contribution in [2.75, 3.05) is 50.4 Å². The van der Waals surface area contributed by atoms with Gasteiger partial charge in [-0.2, -0.15) is 4.98 Å². The Bertz CT molecular complexity index is 354. The third-order valence-electron chi connectivity index (χ3n) is 2.99. The number of morpholine rings is 1. The molecular weight excluding hydrogens is 230 g/mol. The van der Waals surface area contributed by atoms with Crippen LogP contribution in [0.25, 0.3) is 0 Å². The van der Waals surface area contributed by atoms with E-state index in [1.165, 1.54) is 6.42 Å². The average molecular weight is 251 g/mol. The van der Waals surface area contributed by atoms with E-state index in [0.29, 0.717) is 5.95 Å². The number of hydrogen-bond donors (Lipinski definition) is 2. The van der Waals surface area contributed by atoms with Crippen LogP contribution >= 0.6 is 0 Å². The molecule has 100 valence electrons. The largest absolute Gasteiger partial charge is 0.379 e. The Morgan fingerprint density at radius 2 is 2.17 bits per heavy atom. The third kappa shape index (κ3) is 4.46. The molecule has 0 radical (unpaired) electrons. The fourth-order valence-corrected chi connectivity index (χ4v) is 1.97. The van der Waals surface area contributed by atoms with Gasteiger partial charge < -0.3 is 15.8 Å². The van der Waals surface area contributed by atoms with Gasteiger partial charge in [0.15, 0.2) is 0 Å². The molecule has 1 fully saturated rings. The summed E-state index contributed by atoms with van der Waals surface area (Å²) in [7, 11) is 0. The van der Waals surface area contributed by atoms with Crippen molar-refractivity contribution in [1.29, 1.82) is 0 Å². The highest BCUT2D eigenvalue weighted by molar-refractivity contribution is 5.36. The predicted octanol–water partition coefficient (Wildman–Crippen LogP) is 0.583. The Hall–Kier alpha value is -1.40.